The van der Waals surface area contributed by atoms with Crippen LogP contribution < -0.4 is 21.3 Å². The Morgan fingerprint density at radius 1 is 0.621 bits per heavy atom. The van der Waals surface area contributed by atoms with E-state index in [1.54, 1.807) is 48.5 Å². The molecule has 4 N–H and O–H groups in total. The first kappa shape index (κ1) is 19.5. The highest BCUT2D eigenvalue weighted by atomic mass is 16.2. The molecule has 0 aliphatic heterocycles. The topological polar surface area (TPSA) is 106 Å². The van der Waals surface area contributed by atoms with Crippen LogP contribution in [0.4, 0.5) is 32.3 Å². The monoisotopic (exact) mass is 385 g/mol. The van der Waals surface area contributed by atoms with E-state index in [1.165, 1.54) is 0 Å². The second-order valence-electron chi connectivity index (χ2n) is 6.29. The molecule has 0 saturated heterocycles. The number of rotatable bonds is 4. The van der Waals surface area contributed by atoms with Crippen molar-refractivity contribution in [1.29, 1.82) is 5.26 Å². The number of nitrogens with one attached hydrogen (secondary N) is 4. The number of benzene rings is 3. The van der Waals surface area contributed by atoms with Gasteiger partial charge in [-0.25, -0.2) is 9.59 Å². The van der Waals surface area contributed by atoms with Gasteiger partial charge in [-0.05, 0) is 67.6 Å². The van der Waals surface area contributed by atoms with Gasteiger partial charge in [0.15, 0.2) is 0 Å². The summed E-state index contributed by atoms with van der Waals surface area (Å²) in [6.07, 6.45) is 0. The number of carbonyl (C=O) groups excluding carboxylic acids is 2. The molecular formula is C22H19N5O2. The van der Waals surface area contributed by atoms with E-state index >= 15 is 0 Å². The summed E-state index contributed by atoms with van der Waals surface area (Å²) < 4.78 is 0. The van der Waals surface area contributed by atoms with Gasteiger partial charge in [-0.1, -0.05) is 17.7 Å². The number of urea groups is 2. The van der Waals surface area contributed by atoms with E-state index in [4.69, 9.17) is 5.26 Å². The summed E-state index contributed by atoms with van der Waals surface area (Å²) in [5.41, 5.74) is 4.07. The van der Waals surface area contributed by atoms with Crippen molar-refractivity contribution in [2.75, 3.05) is 21.3 Å². The highest BCUT2D eigenvalue weighted by Crippen LogP contribution is 2.16. The Morgan fingerprint density at radius 2 is 0.931 bits per heavy atom. The lowest BCUT2D eigenvalue weighted by Gasteiger charge is -2.10. The quantitative estimate of drug-likeness (QED) is 0.499. The van der Waals surface area contributed by atoms with E-state index in [0.29, 0.717) is 28.3 Å². The van der Waals surface area contributed by atoms with E-state index in [-0.39, 0.29) is 6.03 Å². The first-order valence-electron chi connectivity index (χ1n) is 8.85. The van der Waals surface area contributed by atoms with Crippen molar-refractivity contribution in [3.63, 3.8) is 0 Å². The van der Waals surface area contributed by atoms with Crippen LogP contribution in [0.1, 0.15) is 11.1 Å². The van der Waals surface area contributed by atoms with Gasteiger partial charge in [0, 0.05) is 22.7 Å². The third kappa shape index (κ3) is 5.84. The van der Waals surface area contributed by atoms with Crippen molar-refractivity contribution in [2.45, 2.75) is 6.92 Å². The summed E-state index contributed by atoms with van der Waals surface area (Å²) in [7, 11) is 0. The zero-order valence-corrected chi connectivity index (χ0v) is 15.7. The van der Waals surface area contributed by atoms with Crippen LogP contribution in [-0.4, -0.2) is 12.1 Å². The summed E-state index contributed by atoms with van der Waals surface area (Å²) in [6, 6.07) is 22.0. The van der Waals surface area contributed by atoms with E-state index in [1.807, 2.05) is 37.3 Å². The standard InChI is InChI=1S/C22H19N5O2/c1-15-2-6-17(7-3-15)24-21(28)26-19-10-12-20(13-11-19)27-22(29)25-18-8-4-16(14-23)5-9-18/h2-13H,1H3,(H2,24,26,28)(H2,25,27,29). The number of hydrogen-bond donors (Lipinski definition) is 4. The molecule has 0 fully saturated rings. The average Bonchev–Trinajstić information content (AvgIpc) is 2.72. The molecule has 3 aromatic carbocycles. The molecule has 0 radical (unpaired) electrons. The highest BCUT2D eigenvalue weighted by Gasteiger charge is 2.05. The average molecular weight is 385 g/mol. The Labute approximate surface area is 168 Å². The lowest BCUT2D eigenvalue weighted by atomic mass is 10.2. The summed E-state index contributed by atoms with van der Waals surface area (Å²) >= 11 is 0. The minimum atomic E-state index is -0.410. The maximum absolute atomic E-state index is 12.1. The van der Waals surface area contributed by atoms with Crippen LogP contribution in [0.2, 0.25) is 0 Å². The third-order valence-electron chi connectivity index (χ3n) is 3.98. The van der Waals surface area contributed by atoms with Gasteiger partial charge in [0.25, 0.3) is 0 Å². The molecule has 4 amide bonds. The van der Waals surface area contributed by atoms with Crippen molar-refractivity contribution in [3.05, 3.63) is 83.9 Å². The van der Waals surface area contributed by atoms with Crippen LogP contribution in [0.3, 0.4) is 0 Å². The van der Waals surface area contributed by atoms with Gasteiger partial charge in [-0.2, -0.15) is 5.26 Å². The molecule has 0 atom stereocenters. The molecule has 0 aliphatic carbocycles. The molecule has 29 heavy (non-hydrogen) atoms. The van der Waals surface area contributed by atoms with Gasteiger partial charge in [0.05, 0.1) is 11.6 Å². The van der Waals surface area contributed by atoms with Gasteiger partial charge in [0.2, 0.25) is 0 Å². The van der Waals surface area contributed by atoms with Crippen LogP contribution in [-0.2, 0) is 0 Å². The molecule has 0 saturated carbocycles. The fourth-order valence-corrected chi connectivity index (χ4v) is 2.49. The van der Waals surface area contributed by atoms with E-state index in [0.717, 1.165) is 5.56 Å². The minimum absolute atomic E-state index is 0.354. The number of anilines is 4. The van der Waals surface area contributed by atoms with Gasteiger partial charge in [0.1, 0.15) is 0 Å². The number of hydrogen-bond acceptors (Lipinski definition) is 3. The number of nitrogens with zero attached hydrogens (tertiary/aromatic N) is 1. The van der Waals surface area contributed by atoms with Crippen molar-refractivity contribution in [3.8, 4) is 6.07 Å². The number of nitriles is 1. The first-order chi connectivity index (χ1) is 14.0. The van der Waals surface area contributed by atoms with Crippen LogP contribution >= 0.6 is 0 Å². The van der Waals surface area contributed by atoms with Crippen molar-refractivity contribution >= 4 is 34.8 Å². The normalized spacial score (nSPS) is 9.79. The molecule has 0 heterocycles. The van der Waals surface area contributed by atoms with Gasteiger partial charge in [-0.15, -0.1) is 0 Å². The van der Waals surface area contributed by atoms with Crippen LogP contribution in [0.5, 0.6) is 0 Å². The Bertz CT molecular complexity index is 1040. The molecule has 7 heteroatoms. The van der Waals surface area contributed by atoms with Gasteiger partial charge >= 0.3 is 12.1 Å². The lowest BCUT2D eigenvalue weighted by Crippen LogP contribution is -2.20. The number of carbonyl (C=O) groups is 2. The van der Waals surface area contributed by atoms with Crippen LogP contribution in [0.15, 0.2) is 72.8 Å². The molecule has 7 nitrogen and oxygen atoms in total. The fourth-order valence-electron chi connectivity index (χ4n) is 2.49. The molecule has 3 rings (SSSR count). The zero-order valence-electron chi connectivity index (χ0n) is 15.7. The van der Waals surface area contributed by atoms with E-state index in [9.17, 15) is 9.59 Å². The van der Waals surface area contributed by atoms with Crippen molar-refractivity contribution in [2.24, 2.45) is 0 Å². The molecule has 0 bridgehead atoms. The van der Waals surface area contributed by atoms with Crippen LogP contribution in [0, 0.1) is 18.3 Å². The number of aryl methyl sites for hydroxylation is 1. The summed E-state index contributed by atoms with van der Waals surface area (Å²) in [5, 5.41) is 19.6. The highest BCUT2D eigenvalue weighted by molar-refractivity contribution is 6.01. The molecule has 0 aromatic heterocycles. The summed E-state index contributed by atoms with van der Waals surface area (Å²) in [4.78, 5) is 24.1. The smallest absolute Gasteiger partial charge is 0.308 e. The second-order valence-corrected chi connectivity index (χ2v) is 6.29. The largest absolute Gasteiger partial charge is 0.323 e. The van der Waals surface area contributed by atoms with Crippen molar-refractivity contribution in [1.82, 2.24) is 0 Å². The minimum Gasteiger partial charge on any atom is -0.308 e. The maximum Gasteiger partial charge on any atom is 0.323 e. The van der Waals surface area contributed by atoms with E-state index < -0.39 is 6.03 Å². The maximum atomic E-state index is 12.1. The summed E-state index contributed by atoms with van der Waals surface area (Å²) in [5.74, 6) is 0. The first-order valence-corrected chi connectivity index (χ1v) is 8.85. The molecule has 144 valence electrons. The SMILES string of the molecule is Cc1ccc(NC(=O)Nc2ccc(NC(=O)Nc3ccc(C#N)cc3)cc2)cc1. The molecule has 3 aromatic rings. The van der Waals surface area contributed by atoms with Crippen molar-refractivity contribution < 1.29 is 9.59 Å². The predicted molar refractivity (Wildman–Crippen MR) is 114 cm³/mol. The Hall–Kier alpha value is -4.31. The lowest BCUT2D eigenvalue weighted by molar-refractivity contribution is 0.261. The predicted octanol–water partition coefficient (Wildman–Crippen LogP) is 5.15. The van der Waals surface area contributed by atoms with E-state index in [2.05, 4.69) is 21.3 Å². The molecule has 0 aliphatic rings. The Kier molecular flexibility index (Phi) is 6.08. The summed E-state index contributed by atoms with van der Waals surface area (Å²) in [6.45, 7) is 1.98. The fraction of sp³-hybridized carbons (Fsp3) is 0.0455. The Morgan fingerprint density at radius 3 is 1.28 bits per heavy atom. The molecule has 0 unspecified atom stereocenters. The Balaban J connectivity index is 1.51. The number of amides is 4. The molecular weight excluding hydrogens is 366 g/mol. The van der Waals surface area contributed by atoms with Crippen LogP contribution in [0.25, 0.3) is 0 Å². The van der Waals surface area contributed by atoms with Gasteiger partial charge in [-0.3, -0.25) is 0 Å². The second kappa shape index (κ2) is 9.06. The zero-order chi connectivity index (χ0) is 20.6. The molecule has 0 spiro atoms. The third-order valence-corrected chi connectivity index (χ3v) is 3.98. The van der Waals surface area contributed by atoms with Gasteiger partial charge < -0.3 is 21.3 Å².